The number of amides is 1. The molecule has 130 valence electrons. The fourth-order valence-corrected chi connectivity index (χ4v) is 3.44. The number of nitrogens with zero attached hydrogens (tertiary/aromatic N) is 1. The Morgan fingerprint density at radius 1 is 1.30 bits per heavy atom. The molecule has 1 rings (SSSR count). The fraction of sp³-hybridized carbons (Fsp3) is 0.562. The molecule has 0 aromatic heterocycles. The first-order valence-electron chi connectivity index (χ1n) is 7.84. The highest BCUT2D eigenvalue weighted by Crippen LogP contribution is 2.14. The molecule has 0 aliphatic rings. The van der Waals surface area contributed by atoms with Crippen LogP contribution in [0.15, 0.2) is 29.2 Å². The lowest BCUT2D eigenvalue weighted by molar-refractivity contribution is 0.0719. The third-order valence-corrected chi connectivity index (χ3v) is 4.88. The molecule has 0 atom stereocenters. The second-order valence-electron chi connectivity index (χ2n) is 5.67. The Morgan fingerprint density at radius 3 is 2.57 bits per heavy atom. The van der Waals surface area contributed by atoms with Gasteiger partial charge in [-0.15, -0.1) is 0 Å². The van der Waals surface area contributed by atoms with Gasteiger partial charge in [-0.2, -0.15) is 0 Å². The van der Waals surface area contributed by atoms with E-state index < -0.39 is 10.0 Å². The van der Waals surface area contributed by atoms with Crippen molar-refractivity contribution in [2.24, 2.45) is 0 Å². The summed E-state index contributed by atoms with van der Waals surface area (Å²) in [4.78, 5) is 14.2. The summed E-state index contributed by atoms with van der Waals surface area (Å²) >= 11 is 0. The maximum absolute atomic E-state index is 12.5. The lowest BCUT2D eigenvalue weighted by Crippen LogP contribution is -2.35. The van der Waals surface area contributed by atoms with Crippen LogP contribution in [-0.2, 0) is 10.0 Å². The molecule has 1 amide bonds. The summed E-state index contributed by atoms with van der Waals surface area (Å²) in [5.74, 6) is -0.269. The van der Waals surface area contributed by atoms with Crippen LogP contribution in [0.5, 0.6) is 0 Å². The first-order valence-corrected chi connectivity index (χ1v) is 9.32. The Morgan fingerprint density at radius 2 is 2.00 bits per heavy atom. The second kappa shape index (κ2) is 9.00. The van der Waals surface area contributed by atoms with Crippen molar-refractivity contribution in [3.05, 3.63) is 29.8 Å². The van der Waals surface area contributed by atoms with Crippen LogP contribution >= 0.6 is 0 Å². The number of nitrogens with one attached hydrogen (secondary N) is 1. The highest BCUT2D eigenvalue weighted by molar-refractivity contribution is 7.89. The second-order valence-corrected chi connectivity index (χ2v) is 7.39. The Hall–Kier alpha value is -1.44. The van der Waals surface area contributed by atoms with E-state index in [4.69, 9.17) is 5.11 Å². The molecule has 0 spiro atoms. The molecule has 2 N–H and O–H groups in total. The lowest BCUT2D eigenvalue weighted by atomic mass is 10.2. The minimum atomic E-state index is -3.64. The number of hydrogen-bond donors (Lipinski definition) is 2. The number of aliphatic hydroxyl groups excluding tert-OH is 1. The van der Waals surface area contributed by atoms with Gasteiger partial charge in [0, 0.05) is 24.7 Å². The lowest BCUT2D eigenvalue weighted by Gasteiger charge is -2.22. The summed E-state index contributed by atoms with van der Waals surface area (Å²) < 4.78 is 26.9. The molecule has 0 saturated carbocycles. The number of benzene rings is 1. The number of sulfonamides is 1. The minimum Gasteiger partial charge on any atom is -0.395 e. The molecule has 0 aliphatic carbocycles. The topological polar surface area (TPSA) is 86.7 Å². The predicted molar refractivity (Wildman–Crippen MR) is 89.8 cm³/mol. The van der Waals surface area contributed by atoms with Crippen LogP contribution < -0.4 is 4.72 Å². The van der Waals surface area contributed by atoms with E-state index in [1.807, 2.05) is 6.92 Å². The monoisotopic (exact) mass is 342 g/mol. The zero-order valence-corrected chi connectivity index (χ0v) is 14.8. The molecule has 0 fully saturated rings. The standard InChI is InChI=1S/C16H26N2O4S/c1-4-5-9-18(10-11-19)16(20)14-7-6-8-15(12-14)23(21,22)17-13(2)3/h6-8,12-13,17,19H,4-5,9-11H2,1-3H3. The molecule has 7 heteroatoms. The van der Waals surface area contributed by atoms with E-state index in [-0.39, 0.29) is 30.0 Å². The van der Waals surface area contributed by atoms with Crippen LogP contribution in [0.4, 0.5) is 0 Å². The molecule has 23 heavy (non-hydrogen) atoms. The van der Waals surface area contributed by atoms with Gasteiger partial charge < -0.3 is 10.0 Å². The molecule has 0 radical (unpaired) electrons. The molecule has 0 bridgehead atoms. The van der Waals surface area contributed by atoms with Gasteiger partial charge in [0.05, 0.1) is 11.5 Å². The van der Waals surface area contributed by atoms with Crippen molar-refractivity contribution in [1.29, 1.82) is 0 Å². The Balaban J connectivity index is 3.04. The number of carbonyl (C=O) groups is 1. The Labute approximate surface area is 138 Å². The molecule has 0 unspecified atom stereocenters. The highest BCUT2D eigenvalue weighted by atomic mass is 32.2. The summed E-state index contributed by atoms with van der Waals surface area (Å²) in [7, 11) is -3.64. The van der Waals surface area contributed by atoms with Crippen molar-refractivity contribution in [3.63, 3.8) is 0 Å². The normalized spacial score (nSPS) is 11.7. The van der Waals surface area contributed by atoms with Crippen molar-refractivity contribution in [3.8, 4) is 0 Å². The van der Waals surface area contributed by atoms with Crippen LogP contribution in [0.3, 0.4) is 0 Å². The number of carbonyl (C=O) groups excluding carboxylic acids is 1. The third kappa shape index (κ3) is 5.93. The average Bonchev–Trinajstić information content (AvgIpc) is 2.49. The van der Waals surface area contributed by atoms with E-state index in [0.29, 0.717) is 12.1 Å². The maximum atomic E-state index is 12.5. The van der Waals surface area contributed by atoms with E-state index in [1.165, 1.54) is 12.1 Å². The van der Waals surface area contributed by atoms with Crippen molar-refractivity contribution in [2.45, 2.75) is 44.6 Å². The van der Waals surface area contributed by atoms with Crippen molar-refractivity contribution < 1.29 is 18.3 Å². The van der Waals surface area contributed by atoms with E-state index in [1.54, 1.807) is 30.9 Å². The summed E-state index contributed by atoms with van der Waals surface area (Å²) in [6, 6.07) is 5.76. The molecule has 0 heterocycles. The zero-order valence-electron chi connectivity index (χ0n) is 13.9. The molecule has 0 saturated heterocycles. The average molecular weight is 342 g/mol. The van der Waals surface area contributed by atoms with Crippen molar-refractivity contribution in [2.75, 3.05) is 19.7 Å². The Kier molecular flexibility index (Phi) is 7.67. The summed E-state index contributed by atoms with van der Waals surface area (Å²) in [6.45, 7) is 6.15. The molecule has 6 nitrogen and oxygen atoms in total. The highest BCUT2D eigenvalue weighted by Gasteiger charge is 2.19. The van der Waals surface area contributed by atoms with Crippen molar-refractivity contribution >= 4 is 15.9 Å². The van der Waals surface area contributed by atoms with Crippen LogP contribution in [0.1, 0.15) is 44.0 Å². The number of unbranched alkanes of at least 4 members (excludes halogenated alkanes) is 1. The molecule has 1 aromatic rings. The molecule has 0 aliphatic heterocycles. The number of aliphatic hydroxyl groups is 1. The summed E-state index contributed by atoms with van der Waals surface area (Å²) in [5.41, 5.74) is 0.307. The first-order chi connectivity index (χ1) is 10.8. The first kappa shape index (κ1) is 19.6. The largest absolute Gasteiger partial charge is 0.395 e. The maximum Gasteiger partial charge on any atom is 0.253 e. The van der Waals surface area contributed by atoms with Gasteiger partial charge in [0.1, 0.15) is 0 Å². The molecular weight excluding hydrogens is 316 g/mol. The fourth-order valence-electron chi connectivity index (χ4n) is 2.14. The van der Waals surface area contributed by atoms with Gasteiger partial charge in [-0.05, 0) is 38.5 Å². The van der Waals surface area contributed by atoms with Crippen LogP contribution in [-0.4, -0.2) is 50.1 Å². The summed E-state index contributed by atoms with van der Waals surface area (Å²) in [6.07, 6.45) is 1.76. The van der Waals surface area contributed by atoms with Crippen LogP contribution in [0, 0.1) is 0 Å². The van der Waals surface area contributed by atoms with E-state index in [9.17, 15) is 13.2 Å². The van der Waals surface area contributed by atoms with E-state index in [2.05, 4.69) is 4.72 Å². The zero-order chi connectivity index (χ0) is 17.5. The number of rotatable bonds is 9. The molecular formula is C16H26N2O4S. The van der Waals surface area contributed by atoms with Crippen molar-refractivity contribution in [1.82, 2.24) is 9.62 Å². The van der Waals surface area contributed by atoms with E-state index in [0.717, 1.165) is 12.8 Å². The van der Waals surface area contributed by atoms with Gasteiger partial charge in [-0.3, -0.25) is 4.79 Å². The SMILES string of the molecule is CCCCN(CCO)C(=O)c1cccc(S(=O)(=O)NC(C)C)c1. The van der Waals surface area contributed by atoms with E-state index >= 15 is 0 Å². The number of hydrogen-bond acceptors (Lipinski definition) is 4. The van der Waals surface area contributed by atoms with Crippen LogP contribution in [0.2, 0.25) is 0 Å². The van der Waals surface area contributed by atoms with Crippen LogP contribution in [0.25, 0.3) is 0 Å². The van der Waals surface area contributed by atoms with Gasteiger partial charge in [-0.25, -0.2) is 13.1 Å². The minimum absolute atomic E-state index is 0.0662. The Bertz CT molecular complexity index is 614. The quantitative estimate of drug-likeness (QED) is 0.714. The van der Waals surface area contributed by atoms with Gasteiger partial charge in [0.25, 0.3) is 5.91 Å². The smallest absolute Gasteiger partial charge is 0.253 e. The predicted octanol–water partition coefficient (Wildman–Crippen LogP) is 1.61. The van der Waals surface area contributed by atoms with Gasteiger partial charge >= 0.3 is 0 Å². The van der Waals surface area contributed by atoms with Gasteiger partial charge in [0.2, 0.25) is 10.0 Å². The van der Waals surface area contributed by atoms with Gasteiger partial charge in [0.15, 0.2) is 0 Å². The van der Waals surface area contributed by atoms with Gasteiger partial charge in [-0.1, -0.05) is 19.4 Å². The third-order valence-electron chi connectivity index (χ3n) is 3.22. The summed E-state index contributed by atoms with van der Waals surface area (Å²) in [5, 5.41) is 9.11. The molecule has 1 aromatic carbocycles.